The predicted octanol–water partition coefficient (Wildman–Crippen LogP) is 2.50. The number of piperidine rings is 1. The maximum atomic E-state index is 12.6. The highest BCUT2D eigenvalue weighted by molar-refractivity contribution is 6.31. The van der Waals surface area contributed by atoms with Gasteiger partial charge in [-0.2, -0.15) is 4.98 Å². The zero-order valence-electron chi connectivity index (χ0n) is 15.4. The molecule has 0 amide bonds. The van der Waals surface area contributed by atoms with Gasteiger partial charge < -0.3 is 4.90 Å². The molecule has 1 aliphatic heterocycles. The summed E-state index contributed by atoms with van der Waals surface area (Å²) in [4.78, 5) is 34.0. The van der Waals surface area contributed by atoms with Gasteiger partial charge in [0.15, 0.2) is 11.2 Å². The highest BCUT2D eigenvalue weighted by Crippen LogP contribution is 2.28. The Hall–Kier alpha value is -2.54. The van der Waals surface area contributed by atoms with Crippen molar-refractivity contribution in [1.82, 2.24) is 19.1 Å². The summed E-state index contributed by atoms with van der Waals surface area (Å²) in [5.74, 6) is 0.712. The maximum absolute atomic E-state index is 12.6. The smallest absolute Gasteiger partial charge is 0.329 e. The number of halogens is 1. The lowest BCUT2D eigenvalue weighted by molar-refractivity contribution is 0.472. The van der Waals surface area contributed by atoms with Gasteiger partial charge >= 0.3 is 5.69 Å². The fourth-order valence-electron chi connectivity index (χ4n) is 3.78. The number of H-pyrrole nitrogens is 1. The zero-order chi connectivity index (χ0) is 19.1. The van der Waals surface area contributed by atoms with E-state index in [4.69, 9.17) is 16.6 Å². The van der Waals surface area contributed by atoms with Gasteiger partial charge in [0, 0.05) is 24.7 Å². The third kappa shape index (κ3) is 3.06. The second-order valence-corrected chi connectivity index (χ2v) is 7.53. The third-order valence-corrected chi connectivity index (χ3v) is 5.70. The van der Waals surface area contributed by atoms with Gasteiger partial charge in [-0.05, 0) is 37.8 Å². The number of hydrogen-bond acceptors (Lipinski definition) is 4. The number of hydrogen-bond donors (Lipinski definition) is 1. The Morgan fingerprint density at radius 1 is 1.26 bits per heavy atom. The van der Waals surface area contributed by atoms with Crippen LogP contribution in [0.1, 0.15) is 31.7 Å². The summed E-state index contributed by atoms with van der Waals surface area (Å²) in [6, 6.07) is 7.88. The monoisotopic (exact) mass is 387 g/mol. The van der Waals surface area contributed by atoms with E-state index in [-0.39, 0.29) is 0 Å². The minimum Gasteiger partial charge on any atom is -0.339 e. The molecule has 2 aromatic heterocycles. The molecule has 0 bridgehead atoms. The van der Waals surface area contributed by atoms with Crippen LogP contribution in [0.25, 0.3) is 11.2 Å². The van der Waals surface area contributed by atoms with Crippen molar-refractivity contribution in [3.05, 3.63) is 55.7 Å². The van der Waals surface area contributed by atoms with Crippen LogP contribution in [0.4, 0.5) is 5.95 Å². The molecule has 1 aliphatic rings. The van der Waals surface area contributed by atoms with E-state index >= 15 is 0 Å². The Balaban J connectivity index is 1.97. The summed E-state index contributed by atoms with van der Waals surface area (Å²) < 4.78 is 3.27. The number of rotatable bonds is 3. The van der Waals surface area contributed by atoms with Gasteiger partial charge in [-0.15, -0.1) is 0 Å². The van der Waals surface area contributed by atoms with Crippen molar-refractivity contribution in [1.29, 1.82) is 0 Å². The normalized spacial score (nSPS) is 17.6. The van der Waals surface area contributed by atoms with E-state index in [2.05, 4.69) is 16.8 Å². The highest BCUT2D eigenvalue weighted by atomic mass is 35.5. The number of benzene rings is 1. The van der Waals surface area contributed by atoms with Gasteiger partial charge in [0.05, 0.1) is 6.54 Å². The molecule has 27 heavy (non-hydrogen) atoms. The fraction of sp³-hybridized carbons (Fsp3) is 0.421. The largest absolute Gasteiger partial charge is 0.339 e. The molecular formula is C19H22ClN5O2. The van der Waals surface area contributed by atoms with Crippen molar-refractivity contribution in [3.8, 4) is 0 Å². The number of aromatic nitrogens is 4. The Labute approximate surface area is 161 Å². The SMILES string of the molecule is C[C@@H]1CCCCN1c1nc2c(c(=O)[nH]c(=O)n2C)n1Cc1ccccc1Cl. The lowest BCUT2D eigenvalue weighted by Crippen LogP contribution is -2.39. The molecule has 0 aliphatic carbocycles. The van der Waals surface area contributed by atoms with Crippen molar-refractivity contribution in [2.24, 2.45) is 7.05 Å². The zero-order valence-corrected chi connectivity index (χ0v) is 16.2. The topological polar surface area (TPSA) is 75.9 Å². The molecule has 0 unspecified atom stereocenters. The van der Waals surface area contributed by atoms with Crippen molar-refractivity contribution >= 4 is 28.7 Å². The molecule has 0 radical (unpaired) electrons. The molecule has 0 saturated carbocycles. The van der Waals surface area contributed by atoms with Gasteiger partial charge in [-0.1, -0.05) is 29.8 Å². The van der Waals surface area contributed by atoms with Crippen LogP contribution in [0, 0.1) is 0 Å². The molecule has 1 fully saturated rings. The van der Waals surface area contributed by atoms with Crippen LogP contribution in [0.2, 0.25) is 5.02 Å². The van der Waals surface area contributed by atoms with Crippen molar-refractivity contribution < 1.29 is 0 Å². The third-order valence-electron chi connectivity index (χ3n) is 5.33. The lowest BCUT2D eigenvalue weighted by Gasteiger charge is -2.34. The molecule has 1 atom stereocenters. The summed E-state index contributed by atoms with van der Waals surface area (Å²) in [7, 11) is 1.62. The lowest BCUT2D eigenvalue weighted by atomic mass is 10.0. The standard InChI is InChI=1S/C19H22ClN5O2/c1-12-7-5-6-10-24(12)18-21-16-15(17(26)22-19(27)23(16)2)25(18)11-13-8-3-4-9-14(13)20/h3-4,8-9,12H,5-7,10-11H2,1-2H3,(H,22,26,27)/t12-/m1/s1. The van der Waals surface area contributed by atoms with E-state index in [0.29, 0.717) is 34.7 Å². The van der Waals surface area contributed by atoms with Gasteiger partial charge in [-0.3, -0.25) is 18.9 Å². The fourth-order valence-corrected chi connectivity index (χ4v) is 3.98. The number of anilines is 1. The number of nitrogens with zero attached hydrogens (tertiary/aromatic N) is 4. The summed E-state index contributed by atoms with van der Waals surface area (Å²) in [6.45, 7) is 3.45. The average molecular weight is 388 g/mol. The van der Waals surface area contributed by atoms with E-state index < -0.39 is 11.2 Å². The number of aryl methyl sites for hydroxylation is 1. The van der Waals surface area contributed by atoms with E-state index in [1.54, 1.807) is 7.05 Å². The van der Waals surface area contributed by atoms with Crippen molar-refractivity contribution in [3.63, 3.8) is 0 Å². The predicted molar refractivity (Wildman–Crippen MR) is 107 cm³/mol. The molecule has 1 aromatic carbocycles. The van der Waals surface area contributed by atoms with Crippen LogP contribution in [-0.2, 0) is 13.6 Å². The molecule has 1 N–H and O–H groups in total. The van der Waals surface area contributed by atoms with Crippen LogP contribution in [-0.4, -0.2) is 31.7 Å². The highest BCUT2D eigenvalue weighted by Gasteiger charge is 2.26. The Morgan fingerprint density at radius 3 is 2.78 bits per heavy atom. The Morgan fingerprint density at radius 2 is 2.04 bits per heavy atom. The van der Waals surface area contributed by atoms with Crippen LogP contribution >= 0.6 is 11.6 Å². The summed E-state index contributed by atoms with van der Waals surface area (Å²) in [5, 5.41) is 0.637. The average Bonchev–Trinajstić information content (AvgIpc) is 3.02. The number of fused-ring (bicyclic) bond motifs is 1. The Kier molecular flexibility index (Phi) is 4.55. The second kappa shape index (κ2) is 6.88. The molecule has 4 rings (SSSR count). The quantitative estimate of drug-likeness (QED) is 0.749. The first kappa shape index (κ1) is 17.9. The van der Waals surface area contributed by atoms with Crippen LogP contribution in [0.5, 0.6) is 0 Å². The maximum Gasteiger partial charge on any atom is 0.329 e. The minimum atomic E-state index is -0.465. The molecule has 142 valence electrons. The van der Waals surface area contributed by atoms with Crippen molar-refractivity contribution in [2.45, 2.75) is 38.8 Å². The molecule has 0 spiro atoms. The van der Waals surface area contributed by atoms with E-state index in [1.165, 1.54) is 11.0 Å². The first-order chi connectivity index (χ1) is 13.0. The van der Waals surface area contributed by atoms with Gasteiger partial charge in [0.2, 0.25) is 5.95 Å². The first-order valence-electron chi connectivity index (χ1n) is 9.17. The van der Waals surface area contributed by atoms with Crippen LogP contribution in [0.15, 0.2) is 33.9 Å². The number of aromatic amines is 1. The van der Waals surface area contributed by atoms with Crippen LogP contribution in [0.3, 0.4) is 0 Å². The van der Waals surface area contributed by atoms with E-state index in [9.17, 15) is 9.59 Å². The number of nitrogens with one attached hydrogen (secondary N) is 1. The second-order valence-electron chi connectivity index (χ2n) is 7.12. The van der Waals surface area contributed by atoms with Gasteiger partial charge in [0.1, 0.15) is 0 Å². The van der Waals surface area contributed by atoms with E-state index in [1.807, 2.05) is 28.8 Å². The van der Waals surface area contributed by atoms with E-state index in [0.717, 1.165) is 24.9 Å². The molecule has 1 saturated heterocycles. The molecule has 3 heterocycles. The number of imidazole rings is 1. The minimum absolute atomic E-state index is 0.316. The molecular weight excluding hydrogens is 366 g/mol. The Bertz CT molecular complexity index is 1110. The molecule has 7 nitrogen and oxygen atoms in total. The first-order valence-corrected chi connectivity index (χ1v) is 9.54. The summed E-state index contributed by atoms with van der Waals surface area (Å²) in [5.41, 5.74) is 0.794. The van der Waals surface area contributed by atoms with Crippen LogP contribution < -0.4 is 16.1 Å². The van der Waals surface area contributed by atoms with Gasteiger partial charge in [0.25, 0.3) is 5.56 Å². The van der Waals surface area contributed by atoms with Gasteiger partial charge in [-0.25, -0.2) is 4.79 Å². The molecule has 3 aromatic rings. The summed E-state index contributed by atoms with van der Waals surface area (Å²) in [6.07, 6.45) is 3.33. The summed E-state index contributed by atoms with van der Waals surface area (Å²) >= 11 is 6.37. The van der Waals surface area contributed by atoms with Crippen molar-refractivity contribution in [2.75, 3.05) is 11.4 Å². The molecule has 8 heteroatoms.